The second-order valence-corrected chi connectivity index (χ2v) is 5.62. The zero-order chi connectivity index (χ0) is 15.6. The summed E-state index contributed by atoms with van der Waals surface area (Å²) in [6.45, 7) is 6.21. The third-order valence-electron chi connectivity index (χ3n) is 3.84. The number of hydrogen-bond acceptors (Lipinski definition) is 2. The predicted molar refractivity (Wildman–Crippen MR) is 87.9 cm³/mol. The van der Waals surface area contributed by atoms with Crippen molar-refractivity contribution in [2.45, 2.75) is 26.8 Å². The molecular formula is C18H23FN2. The maximum absolute atomic E-state index is 13.6. The number of benzene rings is 2. The van der Waals surface area contributed by atoms with E-state index in [1.54, 1.807) is 6.07 Å². The number of nitrogens with zero attached hydrogens (tertiary/aromatic N) is 1. The van der Waals surface area contributed by atoms with E-state index in [0.29, 0.717) is 0 Å². The number of rotatable bonds is 4. The highest BCUT2D eigenvalue weighted by atomic mass is 19.1. The monoisotopic (exact) mass is 286 g/mol. The minimum Gasteiger partial charge on any atom is -0.344 e. The molecule has 0 aliphatic heterocycles. The molecule has 0 aliphatic carbocycles. The van der Waals surface area contributed by atoms with Crippen molar-refractivity contribution in [3.8, 4) is 0 Å². The quantitative estimate of drug-likeness (QED) is 0.890. The van der Waals surface area contributed by atoms with E-state index in [1.165, 1.54) is 17.2 Å². The number of aryl methyl sites for hydroxylation is 2. The Morgan fingerprint density at radius 2 is 1.67 bits per heavy atom. The molecule has 2 aromatic carbocycles. The van der Waals surface area contributed by atoms with Gasteiger partial charge in [-0.15, -0.1) is 0 Å². The van der Waals surface area contributed by atoms with Gasteiger partial charge in [0, 0.05) is 24.5 Å². The SMILES string of the molecule is CNC(C)c1cc(F)ccc1N(C)c1cc(C)cc(C)c1. The Morgan fingerprint density at radius 1 is 1.05 bits per heavy atom. The summed E-state index contributed by atoms with van der Waals surface area (Å²) in [7, 11) is 3.91. The second-order valence-electron chi connectivity index (χ2n) is 5.62. The van der Waals surface area contributed by atoms with Crippen molar-refractivity contribution in [3.63, 3.8) is 0 Å². The Bertz CT molecular complexity index is 617. The summed E-state index contributed by atoms with van der Waals surface area (Å²) >= 11 is 0. The molecule has 0 saturated heterocycles. The lowest BCUT2D eigenvalue weighted by Crippen LogP contribution is -2.18. The van der Waals surface area contributed by atoms with Gasteiger partial charge in [-0.3, -0.25) is 0 Å². The van der Waals surface area contributed by atoms with Crippen LogP contribution < -0.4 is 10.2 Å². The maximum Gasteiger partial charge on any atom is 0.123 e. The van der Waals surface area contributed by atoms with Crippen molar-refractivity contribution in [2.24, 2.45) is 0 Å². The molecule has 21 heavy (non-hydrogen) atoms. The van der Waals surface area contributed by atoms with Gasteiger partial charge in [0.05, 0.1) is 0 Å². The number of nitrogens with one attached hydrogen (secondary N) is 1. The van der Waals surface area contributed by atoms with Gasteiger partial charge in [-0.2, -0.15) is 0 Å². The van der Waals surface area contributed by atoms with Crippen LogP contribution in [0.1, 0.15) is 29.7 Å². The molecule has 0 saturated carbocycles. The molecule has 1 atom stereocenters. The Balaban J connectivity index is 2.49. The topological polar surface area (TPSA) is 15.3 Å². The summed E-state index contributed by atoms with van der Waals surface area (Å²) < 4.78 is 13.6. The van der Waals surface area contributed by atoms with Crippen LogP contribution in [0.3, 0.4) is 0 Å². The van der Waals surface area contributed by atoms with Crippen molar-refractivity contribution in [1.82, 2.24) is 5.32 Å². The molecule has 1 unspecified atom stereocenters. The average molecular weight is 286 g/mol. The Hall–Kier alpha value is -1.87. The Labute approximate surface area is 126 Å². The summed E-state index contributed by atoms with van der Waals surface area (Å²) in [6.07, 6.45) is 0. The summed E-state index contributed by atoms with van der Waals surface area (Å²) in [5.41, 5.74) is 5.54. The molecule has 0 aromatic heterocycles. The average Bonchev–Trinajstić information content (AvgIpc) is 2.44. The second kappa shape index (κ2) is 6.27. The third-order valence-corrected chi connectivity index (χ3v) is 3.84. The molecule has 0 aliphatic rings. The van der Waals surface area contributed by atoms with Crippen LogP contribution in [0.5, 0.6) is 0 Å². The van der Waals surface area contributed by atoms with Crippen LogP contribution in [0.2, 0.25) is 0 Å². The van der Waals surface area contributed by atoms with Crippen LogP contribution in [0.15, 0.2) is 36.4 Å². The minimum absolute atomic E-state index is 0.0871. The summed E-state index contributed by atoms with van der Waals surface area (Å²) in [5, 5.41) is 3.18. The van der Waals surface area contributed by atoms with Gasteiger partial charge in [0.25, 0.3) is 0 Å². The highest BCUT2D eigenvalue weighted by molar-refractivity contribution is 5.67. The summed E-state index contributed by atoms with van der Waals surface area (Å²) in [4.78, 5) is 2.11. The van der Waals surface area contributed by atoms with Gasteiger partial charge in [-0.25, -0.2) is 4.39 Å². The lowest BCUT2D eigenvalue weighted by Gasteiger charge is -2.26. The van der Waals surface area contributed by atoms with Crippen LogP contribution in [-0.4, -0.2) is 14.1 Å². The highest BCUT2D eigenvalue weighted by Gasteiger charge is 2.15. The Kier molecular flexibility index (Phi) is 4.63. The van der Waals surface area contributed by atoms with Gasteiger partial charge >= 0.3 is 0 Å². The van der Waals surface area contributed by atoms with Crippen LogP contribution in [0.4, 0.5) is 15.8 Å². The van der Waals surface area contributed by atoms with Gasteiger partial charge in [0.15, 0.2) is 0 Å². The third kappa shape index (κ3) is 3.42. The fourth-order valence-electron chi connectivity index (χ4n) is 2.62. The van der Waals surface area contributed by atoms with Crippen molar-refractivity contribution < 1.29 is 4.39 Å². The van der Waals surface area contributed by atoms with Crippen LogP contribution in [0, 0.1) is 19.7 Å². The Morgan fingerprint density at radius 3 is 2.24 bits per heavy atom. The first-order chi connectivity index (χ1) is 9.92. The maximum atomic E-state index is 13.6. The summed E-state index contributed by atoms with van der Waals surface area (Å²) in [5.74, 6) is -0.204. The van der Waals surface area contributed by atoms with E-state index >= 15 is 0 Å². The molecule has 0 fully saturated rings. The smallest absolute Gasteiger partial charge is 0.123 e. The van der Waals surface area contributed by atoms with Gasteiger partial charge in [0.1, 0.15) is 5.82 Å². The van der Waals surface area contributed by atoms with Crippen LogP contribution in [0.25, 0.3) is 0 Å². The van der Waals surface area contributed by atoms with E-state index in [1.807, 2.05) is 27.1 Å². The molecule has 112 valence electrons. The highest BCUT2D eigenvalue weighted by Crippen LogP contribution is 2.32. The number of hydrogen-bond donors (Lipinski definition) is 1. The van der Waals surface area contributed by atoms with E-state index in [0.717, 1.165) is 16.9 Å². The lowest BCUT2D eigenvalue weighted by atomic mass is 10.0. The molecule has 2 nitrogen and oxygen atoms in total. The first-order valence-corrected chi connectivity index (χ1v) is 7.21. The molecule has 1 N–H and O–H groups in total. The van der Waals surface area contributed by atoms with Gasteiger partial charge in [0.2, 0.25) is 0 Å². The normalized spacial score (nSPS) is 12.3. The lowest BCUT2D eigenvalue weighted by molar-refractivity contribution is 0.608. The largest absolute Gasteiger partial charge is 0.344 e. The molecule has 3 heteroatoms. The molecule has 2 rings (SSSR count). The zero-order valence-corrected chi connectivity index (χ0v) is 13.4. The molecule has 0 spiro atoms. The fourth-order valence-corrected chi connectivity index (χ4v) is 2.62. The van der Waals surface area contributed by atoms with Gasteiger partial charge < -0.3 is 10.2 Å². The molecular weight excluding hydrogens is 263 g/mol. The van der Waals surface area contributed by atoms with Crippen molar-refractivity contribution in [2.75, 3.05) is 19.0 Å². The van der Waals surface area contributed by atoms with Gasteiger partial charge in [-0.1, -0.05) is 6.07 Å². The van der Waals surface area contributed by atoms with Crippen molar-refractivity contribution in [3.05, 3.63) is 58.9 Å². The minimum atomic E-state index is -0.204. The first-order valence-electron chi connectivity index (χ1n) is 7.21. The number of halogens is 1. The van der Waals surface area contributed by atoms with E-state index in [9.17, 15) is 4.39 Å². The standard InChI is InChI=1S/C18H23FN2/c1-12-8-13(2)10-16(9-12)21(5)18-7-6-15(19)11-17(18)14(3)20-4/h6-11,14,20H,1-5H3. The predicted octanol–water partition coefficient (Wildman–Crippen LogP) is 4.49. The van der Waals surface area contributed by atoms with Gasteiger partial charge in [-0.05, 0) is 74.8 Å². The first kappa shape index (κ1) is 15.5. The summed E-state index contributed by atoms with van der Waals surface area (Å²) in [6, 6.07) is 11.5. The van der Waals surface area contributed by atoms with Crippen LogP contribution in [-0.2, 0) is 0 Å². The van der Waals surface area contributed by atoms with Crippen LogP contribution >= 0.6 is 0 Å². The van der Waals surface area contributed by atoms with E-state index in [2.05, 4.69) is 42.3 Å². The van der Waals surface area contributed by atoms with Crippen molar-refractivity contribution in [1.29, 1.82) is 0 Å². The number of anilines is 2. The fraction of sp³-hybridized carbons (Fsp3) is 0.333. The van der Waals surface area contributed by atoms with E-state index in [-0.39, 0.29) is 11.9 Å². The molecule has 0 heterocycles. The molecule has 0 radical (unpaired) electrons. The molecule has 0 bridgehead atoms. The van der Waals surface area contributed by atoms with Crippen molar-refractivity contribution >= 4 is 11.4 Å². The molecule has 2 aromatic rings. The molecule has 0 amide bonds. The van der Waals surface area contributed by atoms with E-state index < -0.39 is 0 Å². The zero-order valence-electron chi connectivity index (χ0n) is 13.4. The van der Waals surface area contributed by atoms with E-state index in [4.69, 9.17) is 0 Å².